The Hall–Kier alpha value is -5.06. The van der Waals surface area contributed by atoms with Crippen LogP contribution in [-0.4, -0.2) is 6.71 Å². The van der Waals surface area contributed by atoms with Gasteiger partial charge in [-0.2, -0.15) is 0 Å². The SMILES string of the molecule is Cc1cc2c3c(c1)N(c1ccc(C(C)(C)C)cc1-c1ccc(C(C)(C)C)cc1)c1c(sc4ccc(C(C)(C)C)cc14)B3c1cc3c(cc1N2c1ccc2c(c1)C(C)(C)CC2(C)C)C(C)(C)CC3(C)C. The van der Waals surface area contributed by atoms with Gasteiger partial charge in [-0.25, -0.2) is 0 Å². The Morgan fingerprint density at radius 3 is 1.61 bits per heavy atom. The highest BCUT2D eigenvalue weighted by molar-refractivity contribution is 7.33. The lowest BCUT2D eigenvalue weighted by Crippen LogP contribution is -2.60. The van der Waals surface area contributed by atoms with E-state index in [9.17, 15) is 0 Å². The molecular formula is C65H75BN2S. The van der Waals surface area contributed by atoms with Crippen molar-refractivity contribution in [3.8, 4) is 11.1 Å². The first-order chi connectivity index (χ1) is 32.0. The van der Waals surface area contributed by atoms with Crippen LogP contribution in [0.1, 0.15) is 175 Å². The van der Waals surface area contributed by atoms with Crippen LogP contribution in [0.15, 0.2) is 103 Å². The Morgan fingerprint density at radius 2 is 1.00 bits per heavy atom. The molecule has 0 atom stereocenters. The molecule has 2 aliphatic carbocycles. The second kappa shape index (κ2) is 14.5. The predicted octanol–water partition coefficient (Wildman–Crippen LogP) is 16.8. The molecule has 0 unspecified atom stereocenters. The van der Waals surface area contributed by atoms with Gasteiger partial charge in [0.25, 0.3) is 6.71 Å². The van der Waals surface area contributed by atoms with Gasteiger partial charge in [0.2, 0.25) is 0 Å². The quantitative estimate of drug-likeness (QED) is 0.163. The van der Waals surface area contributed by atoms with Crippen LogP contribution in [0.2, 0.25) is 0 Å². The number of benzene rings is 6. The van der Waals surface area contributed by atoms with E-state index in [0.29, 0.717) is 0 Å². The summed E-state index contributed by atoms with van der Waals surface area (Å²) in [4.78, 5) is 5.42. The summed E-state index contributed by atoms with van der Waals surface area (Å²) < 4.78 is 2.79. The van der Waals surface area contributed by atoms with Gasteiger partial charge in [0, 0.05) is 43.2 Å². The van der Waals surface area contributed by atoms with Gasteiger partial charge in [0.15, 0.2) is 0 Å². The second-order valence-corrected chi connectivity index (χ2v) is 28.6. The number of rotatable bonds is 3. The topological polar surface area (TPSA) is 6.48 Å². The molecule has 0 saturated heterocycles. The molecule has 0 bridgehead atoms. The van der Waals surface area contributed by atoms with Crippen LogP contribution in [0.3, 0.4) is 0 Å². The van der Waals surface area contributed by atoms with Gasteiger partial charge in [-0.15, -0.1) is 11.3 Å². The molecule has 7 aromatic rings. The van der Waals surface area contributed by atoms with Gasteiger partial charge in [-0.3, -0.25) is 0 Å². The molecule has 11 rings (SSSR count). The van der Waals surface area contributed by atoms with E-state index in [2.05, 4.69) is 238 Å². The Labute approximate surface area is 419 Å². The lowest BCUT2D eigenvalue weighted by atomic mass is 9.36. The smallest absolute Gasteiger partial charge is 0.264 e. The van der Waals surface area contributed by atoms with E-state index >= 15 is 0 Å². The Kier molecular flexibility index (Phi) is 9.75. The number of fused-ring (bicyclic) bond motifs is 8. The van der Waals surface area contributed by atoms with Crippen molar-refractivity contribution in [1.82, 2.24) is 0 Å². The van der Waals surface area contributed by atoms with Crippen molar-refractivity contribution in [1.29, 1.82) is 0 Å². The Bertz CT molecular complexity index is 3300. The van der Waals surface area contributed by atoms with Crippen LogP contribution in [0.5, 0.6) is 0 Å². The minimum Gasteiger partial charge on any atom is -0.311 e. The summed E-state index contributed by atoms with van der Waals surface area (Å²) in [5.41, 5.74) is 24.8. The molecule has 0 spiro atoms. The summed E-state index contributed by atoms with van der Waals surface area (Å²) >= 11 is 2.02. The lowest BCUT2D eigenvalue weighted by Gasteiger charge is -2.44. The number of aryl methyl sites for hydroxylation is 1. The van der Waals surface area contributed by atoms with E-state index in [1.54, 1.807) is 0 Å². The van der Waals surface area contributed by atoms with Gasteiger partial charge in [0.1, 0.15) is 0 Å². The third-order valence-corrected chi connectivity index (χ3v) is 18.1. The number of anilines is 6. The minimum atomic E-state index is -0.0254. The molecule has 6 aromatic carbocycles. The molecule has 69 heavy (non-hydrogen) atoms. The van der Waals surface area contributed by atoms with Crippen LogP contribution < -0.4 is 25.5 Å². The summed E-state index contributed by atoms with van der Waals surface area (Å²) in [7, 11) is 0. The first-order valence-electron chi connectivity index (χ1n) is 25.9. The van der Waals surface area contributed by atoms with Crippen molar-refractivity contribution in [2.45, 2.75) is 175 Å². The van der Waals surface area contributed by atoms with Crippen LogP contribution in [0.25, 0.3) is 21.2 Å². The van der Waals surface area contributed by atoms with Crippen LogP contribution >= 0.6 is 11.3 Å². The van der Waals surface area contributed by atoms with Gasteiger partial charge in [-0.1, -0.05) is 166 Å². The van der Waals surface area contributed by atoms with E-state index in [-0.39, 0.29) is 44.6 Å². The largest absolute Gasteiger partial charge is 0.311 e. The molecular weight excluding hydrogens is 852 g/mol. The molecule has 4 heteroatoms. The maximum atomic E-state index is 2.72. The van der Waals surface area contributed by atoms with E-state index in [1.165, 1.54) is 116 Å². The standard InChI is InChI=1S/C65H75BN2S/c1-38-29-53-56-54(30-38)68(51-27-23-41(60(5,6)7)31-44(51)39-19-21-40(22-20-39)59(2,3)4)57-45-32-42(61(8,9)10)24-28-55(45)69-58(57)66(56)50-34-48-49(65(17,18)37-64(48,15)16)35-52(50)67(53)43-25-26-46-47(33-43)63(13,14)36-62(46,11)12/h19-35H,36-37H2,1-18H3. The van der Waals surface area contributed by atoms with Crippen molar-refractivity contribution in [3.05, 3.63) is 148 Å². The predicted molar refractivity (Wildman–Crippen MR) is 303 cm³/mol. The molecule has 2 aliphatic heterocycles. The number of nitrogens with zero attached hydrogens (tertiary/aromatic N) is 2. The maximum absolute atomic E-state index is 2.72. The van der Waals surface area contributed by atoms with Crippen molar-refractivity contribution in [2.24, 2.45) is 0 Å². The van der Waals surface area contributed by atoms with Gasteiger partial charge in [-0.05, 0) is 173 Å². The zero-order valence-corrected chi connectivity index (χ0v) is 45.9. The minimum absolute atomic E-state index is 0.00495. The van der Waals surface area contributed by atoms with E-state index in [0.717, 1.165) is 12.8 Å². The maximum Gasteiger partial charge on any atom is 0.264 e. The molecule has 1 aromatic heterocycles. The third-order valence-electron chi connectivity index (χ3n) is 16.9. The van der Waals surface area contributed by atoms with Crippen LogP contribution in [0.4, 0.5) is 34.1 Å². The Morgan fingerprint density at radius 1 is 0.478 bits per heavy atom. The summed E-state index contributed by atoms with van der Waals surface area (Å²) in [6, 6.07) is 42.1. The van der Waals surface area contributed by atoms with Gasteiger partial charge < -0.3 is 9.80 Å². The lowest BCUT2D eigenvalue weighted by molar-refractivity contribution is 0.403. The highest BCUT2D eigenvalue weighted by atomic mass is 32.1. The summed E-state index contributed by atoms with van der Waals surface area (Å²) in [5, 5.41) is 1.35. The highest BCUT2D eigenvalue weighted by Crippen LogP contribution is 2.56. The molecule has 0 amide bonds. The highest BCUT2D eigenvalue weighted by Gasteiger charge is 2.50. The van der Waals surface area contributed by atoms with Crippen molar-refractivity contribution >= 4 is 78.0 Å². The first kappa shape index (κ1) is 46.3. The molecule has 0 radical (unpaired) electrons. The van der Waals surface area contributed by atoms with E-state index < -0.39 is 0 Å². The molecule has 354 valence electrons. The fraction of sp³-hybridized carbons (Fsp3) is 0.415. The van der Waals surface area contributed by atoms with E-state index in [1.807, 2.05) is 11.3 Å². The summed E-state index contributed by atoms with van der Waals surface area (Å²) in [5.74, 6) is 0. The third kappa shape index (κ3) is 7.06. The molecule has 0 fully saturated rings. The second-order valence-electron chi connectivity index (χ2n) is 27.5. The molecule has 0 N–H and O–H groups in total. The van der Waals surface area contributed by atoms with Crippen LogP contribution in [0, 0.1) is 6.92 Å². The number of hydrogen-bond donors (Lipinski definition) is 0. The van der Waals surface area contributed by atoms with Crippen molar-refractivity contribution in [2.75, 3.05) is 9.80 Å². The Balaban J connectivity index is 1.27. The van der Waals surface area contributed by atoms with Gasteiger partial charge in [0.05, 0.1) is 11.4 Å². The fourth-order valence-corrected chi connectivity index (χ4v) is 15.1. The average Bonchev–Trinajstić information content (AvgIpc) is 3.77. The number of hydrogen-bond acceptors (Lipinski definition) is 3. The molecule has 0 saturated carbocycles. The first-order valence-corrected chi connectivity index (χ1v) is 26.7. The van der Waals surface area contributed by atoms with E-state index in [4.69, 9.17) is 0 Å². The molecule has 4 aliphatic rings. The zero-order chi connectivity index (χ0) is 49.5. The average molecular weight is 927 g/mol. The van der Waals surface area contributed by atoms with Crippen molar-refractivity contribution < 1.29 is 0 Å². The zero-order valence-electron chi connectivity index (χ0n) is 45.1. The summed E-state index contributed by atoms with van der Waals surface area (Å²) in [6.07, 6.45) is 2.27. The van der Waals surface area contributed by atoms with Gasteiger partial charge >= 0.3 is 0 Å². The fourth-order valence-electron chi connectivity index (χ4n) is 13.8. The normalized spacial score (nSPS) is 18.3. The molecule has 3 heterocycles. The van der Waals surface area contributed by atoms with Crippen LogP contribution in [-0.2, 0) is 37.9 Å². The molecule has 2 nitrogen and oxygen atoms in total. The van der Waals surface area contributed by atoms with Crippen molar-refractivity contribution in [3.63, 3.8) is 0 Å². The summed E-state index contributed by atoms with van der Waals surface area (Å²) in [6.45, 7) is 43.2. The number of thiophene rings is 1. The monoisotopic (exact) mass is 927 g/mol.